The Labute approximate surface area is 220 Å². The van der Waals surface area contributed by atoms with Crippen LogP contribution in [0.2, 0.25) is 0 Å². The van der Waals surface area contributed by atoms with E-state index in [0.29, 0.717) is 24.4 Å². The predicted molar refractivity (Wildman–Crippen MR) is 136 cm³/mol. The van der Waals surface area contributed by atoms with E-state index >= 15 is 0 Å². The van der Waals surface area contributed by atoms with Crippen LogP contribution in [0.15, 0.2) is 47.2 Å². The van der Waals surface area contributed by atoms with Crippen LogP contribution in [0.25, 0.3) is 11.5 Å². The normalized spacial score (nSPS) is 23.4. The van der Waals surface area contributed by atoms with Gasteiger partial charge in [0.05, 0.1) is 17.8 Å². The Morgan fingerprint density at radius 3 is 2.61 bits per heavy atom. The van der Waals surface area contributed by atoms with Crippen LogP contribution in [0.3, 0.4) is 0 Å². The highest BCUT2D eigenvalue weighted by Gasteiger charge is 2.42. The lowest BCUT2D eigenvalue weighted by molar-refractivity contribution is -0.136. The Balaban J connectivity index is 1.13. The zero-order chi connectivity index (χ0) is 26.4. The summed E-state index contributed by atoms with van der Waals surface area (Å²) in [5, 5.41) is 10.1. The third-order valence-corrected chi connectivity index (χ3v) is 8.03. The minimum atomic E-state index is -0.626. The van der Waals surface area contributed by atoms with Gasteiger partial charge in [0.15, 0.2) is 0 Å². The maximum atomic E-state index is 13.0. The summed E-state index contributed by atoms with van der Waals surface area (Å²) in [6.07, 6.45) is 2.88. The van der Waals surface area contributed by atoms with Gasteiger partial charge in [0, 0.05) is 36.7 Å². The highest BCUT2D eigenvalue weighted by atomic mass is 16.4. The van der Waals surface area contributed by atoms with Crippen LogP contribution in [0.5, 0.6) is 0 Å². The van der Waals surface area contributed by atoms with Crippen LogP contribution in [-0.2, 0) is 22.7 Å². The van der Waals surface area contributed by atoms with Crippen LogP contribution in [-0.4, -0.2) is 61.8 Å². The first-order valence-electron chi connectivity index (χ1n) is 13.0. The number of hydrogen-bond acceptors (Lipinski definition) is 8. The maximum Gasteiger partial charge on any atom is 0.256 e. The number of carbonyl (C=O) groups excluding carboxylic acids is 3. The molecule has 0 saturated carbocycles. The fraction of sp³-hybridized carbons (Fsp3) is 0.429. The van der Waals surface area contributed by atoms with Crippen LogP contribution < -0.4 is 5.32 Å². The van der Waals surface area contributed by atoms with Crippen molar-refractivity contribution in [3.8, 4) is 11.5 Å². The molecule has 6 rings (SSSR count). The molecule has 1 N–H and O–H groups in total. The Kier molecular flexibility index (Phi) is 6.06. The molecule has 3 amide bonds. The first kappa shape index (κ1) is 24.4. The van der Waals surface area contributed by atoms with E-state index in [1.165, 1.54) is 12.0 Å². The number of amides is 3. The van der Waals surface area contributed by atoms with Crippen LogP contribution in [0.1, 0.15) is 66.3 Å². The second-order valence-corrected chi connectivity index (χ2v) is 11.1. The zero-order valence-corrected chi connectivity index (χ0v) is 21.5. The Hall–Kier alpha value is -3.92. The van der Waals surface area contributed by atoms with Crippen LogP contribution >= 0.6 is 0 Å². The molecule has 3 aliphatic heterocycles. The SMILES string of the molecule is CC1(C)CN(Cc2ccc(-c3nnco3)cc2)CCC1c1ccc2c(n1)CN(C1CCC(=O)NC1=O)C2=O. The summed E-state index contributed by atoms with van der Waals surface area (Å²) in [7, 11) is 0. The zero-order valence-electron chi connectivity index (χ0n) is 21.5. The third kappa shape index (κ3) is 4.49. The minimum absolute atomic E-state index is 0.0187. The van der Waals surface area contributed by atoms with Gasteiger partial charge in [0.25, 0.3) is 5.91 Å². The molecule has 2 saturated heterocycles. The Morgan fingerprint density at radius 2 is 1.89 bits per heavy atom. The summed E-state index contributed by atoms with van der Waals surface area (Å²) >= 11 is 0. The van der Waals surface area contributed by atoms with Gasteiger partial charge in [-0.3, -0.25) is 29.6 Å². The number of nitrogens with zero attached hydrogens (tertiary/aromatic N) is 5. The quantitative estimate of drug-likeness (QED) is 0.516. The molecular formula is C28H30N6O4. The van der Waals surface area contributed by atoms with Gasteiger partial charge in [0.2, 0.25) is 24.1 Å². The lowest BCUT2D eigenvalue weighted by Crippen LogP contribution is -2.52. The van der Waals surface area contributed by atoms with E-state index in [4.69, 9.17) is 9.40 Å². The van der Waals surface area contributed by atoms with Gasteiger partial charge in [-0.1, -0.05) is 26.0 Å². The number of benzene rings is 1. The van der Waals surface area contributed by atoms with Crippen LogP contribution in [0.4, 0.5) is 0 Å². The van der Waals surface area contributed by atoms with Crippen molar-refractivity contribution in [3.05, 3.63) is 65.3 Å². The average molecular weight is 515 g/mol. The summed E-state index contributed by atoms with van der Waals surface area (Å²) in [6, 6.07) is 11.4. The lowest BCUT2D eigenvalue weighted by Gasteiger charge is -2.44. The first-order valence-corrected chi connectivity index (χ1v) is 13.0. The molecule has 0 bridgehead atoms. The molecule has 10 heteroatoms. The molecule has 2 atom stereocenters. The number of rotatable bonds is 5. The fourth-order valence-electron chi connectivity index (χ4n) is 6.11. The van der Waals surface area contributed by atoms with Gasteiger partial charge < -0.3 is 9.32 Å². The van der Waals surface area contributed by atoms with Crippen molar-refractivity contribution in [1.82, 2.24) is 30.3 Å². The van der Waals surface area contributed by atoms with Crippen molar-refractivity contribution in [2.75, 3.05) is 13.1 Å². The van der Waals surface area contributed by atoms with Crippen molar-refractivity contribution < 1.29 is 18.8 Å². The smallest absolute Gasteiger partial charge is 0.256 e. The van der Waals surface area contributed by atoms with E-state index in [-0.39, 0.29) is 29.6 Å². The number of likely N-dealkylation sites (tertiary alicyclic amines) is 1. The lowest BCUT2D eigenvalue weighted by atomic mass is 9.72. The van der Waals surface area contributed by atoms with Crippen molar-refractivity contribution >= 4 is 17.7 Å². The number of pyridine rings is 1. The summed E-state index contributed by atoms with van der Waals surface area (Å²) < 4.78 is 5.28. The Bertz CT molecular complexity index is 1380. The van der Waals surface area contributed by atoms with Crippen molar-refractivity contribution in [2.24, 2.45) is 5.41 Å². The van der Waals surface area contributed by atoms with E-state index in [0.717, 1.165) is 43.0 Å². The summed E-state index contributed by atoms with van der Waals surface area (Å²) in [5.41, 5.74) is 4.38. The monoisotopic (exact) mass is 514 g/mol. The van der Waals surface area contributed by atoms with E-state index in [1.807, 2.05) is 24.3 Å². The number of imide groups is 1. The first-order chi connectivity index (χ1) is 18.3. The van der Waals surface area contributed by atoms with Gasteiger partial charge in [-0.15, -0.1) is 10.2 Å². The summed E-state index contributed by atoms with van der Waals surface area (Å²) in [6.45, 7) is 7.57. The molecule has 10 nitrogen and oxygen atoms in total. The highest BCUT2D eigenvalue weighted by Crippen LogP contribution is 2.42. The molecule has 1 aromatic carbocycles. The minimum Gasteiger partial charge on any atom is -0.423 e. The summed E-state index contributed by atoms with van der Waals surface area (Å²) in [4.78, 5) is 45.9. The molecule has 0 radical (unpaired) electrons. The van der Waals surface area contributed by atoms with Crippen molar-refractivity contribution in [3.63, 3.8) is 0 Å². The maximum absolute atomic E-state index is 13.0. The van der Waals surface area contributed by atoms with Crippen LogP contribution in [0, 0.1) is 5.41 Å². The van der Waals surface area contributed by atoms with E-state index < -0.39 is 11.9 Å². The molecule has 2 aromatic heterocycles. The molecular weight excluding hydrogens is 484 g/mol. The molecule has 5 heterocycles. The molecule has 0 aliphatic carbocycles. The molecule has 38 heavy (non-hydrogen) atoms. The number of nitrogens with one attached hydrogen (secondary N) is 1. The number of fused-ring (bicyclic) bond motifs is 1. The summed E-state index contributed by atoms with van der Waals surface area (Å²) in [5.74, 6) is -0.107. The molecule has 3 aliphatic rings. The van der Waals surface area contributed by atoms with Gasteiger partial charge in [-0.25, -0.2) is 0 Å². The fourth-order valence-corrected chi connectivity index (χ4v) is 6.11. The second-order valence-electron chi connectivity index (χ2n) is 11.1. The second kappa shape index (κ2) is 9.43. The third-order valence-electron chi connectivity index (χ3n) is 8.03. The van der Waals surface area contributed by atoms with Gasteiger partial charge in [0.1, 0.15) is 6.04 Å². The molecule has 2 fully saturated rings. The van der Waals surface area contributed by atoms with Gasteiger partial charge >= 0.3 is 0 Å². The van der Waals surface area contributed by atoms with Crippen molar-refractivity contribution in [2.45, 2.75) is 58.2 Å². The molecule has 196 valence electrons. The number of carbonyl (C=O) groups is 3. The van der Waals surface area contributed by atoms with Gasteiger partial charge in [-0.05, 0) is 54.6 Å². The largest absolute Gasteiger partial charge is 0.423 e. The Morgan fingerprint density at radius 1 is 1.08 bits per heavy atom. The highest BCUT2D eigenvalue weighted by molar-refractivity contribution is 6.05. The average Bonchev–Trinajstić information content (AvgIpc) is 3.53. The van der Waals surface area contributed by atoms with Gasteiger partial charge in [-0.2, -0.15) is 0 Å². The van der Waals surface area contributed by atoms with Crippen molar-refractivity contribution in [1.29, 1.82) is 0 Å². The number of hydrogen-bond donors (Lipinski definition) is 1. The molecule has 3 aromatic rings. The molecule has 0 spiro atoms. The number of piperidine rings is 2. The predicted octanol–water partition coefficient (Wildman–Crippen LogP) is 2.91. The van der Waals surface area contributed by atoms with E-state index in [9.17, 15) is 14.4 Å². The standard InChI is InChI=1S/C28H30N6O4/c1-28(2)15-33(13-17-3-5-18(6-4-17)26-32-29-16-38-26)12-11-20(28)21-8-7-19-22(30-21)14-34(27(19)37)23-9-10-24(35)31-25(23)36/h3-8,16,20,23H,9-15H2,1-2H3,(H,31,35,36). The number of aromatic nitrogens is 3. The molecule has 2 unspecified atom stereocenters. The van der Waals surface area contributed by atoms with E-state index in [1.54, 1.807) is 4.90 Å². The van der Waals surface area contributed by atoms with E-state index in [2.05, 4.69) is 46.4 Å². The topological polar surface area (TPSA) is 122 Å².